The van der Waals surface area contributed by atoms with Crippen molar-refractivity contribution in [2.24, 2.45) is 12.8 Å². The predicted octanol–water partition coefficient (Wildman–Crippen LogP) is -0.255. The number of amidine groups is 1. The summed E-state index contributed by atoms with van der Waals surface area (Å²) in [4.78, 5) is 1.39. The summed E-state index contributed by atoms with van der Waals surface area (Å²) in [5.41, 5.74) is 6.19. The molecule has 9 heteroatoms. The minimum absolute atomic E-state index is 0.0627. The van der Waals surface area contributed by atoms with Gasteiger partial charge in [0, 0.05) is 19.4 Å². The lowest BCUT2D eigenvalue weighted by atomic mass is 10.3. The van der Waals surface area contributed by atoms with Gasteiger partial charge in [-0.15, -0.1) is 0 Å². The lowest BCUT2D eigenvalue weighted by Gasteiger charge is -2.32. The van der Waals surface area contributed by atoms with Crippen LogP contribution in [0.1, 0.15) is 13.8 Å². The molecule has 2 rings (SSSR count). The fourth-order valence-corrected chi connectivity index (χ4v) is 2.99. The first-order valence-electron chi connectivity index (χ1n) is 6.08. The average Bonchev–Trinajstić information content (AvgIpc) is 2.71. The Labute approximate surface area is 117 Å². The number of hydrogen-bond acceptors (Lipinski definition) is 6. The van der Waals surface area contributed by atoms with Gasteiger partial charge in [-0.05, 0) is 19.9 Å². The highest BCUT2D eigenvalue weighted by molar-refractivity contribution is 7.92. The van der Waals surface area contributed by atoms with Crippen molar-refractivity contribution >= 4 is 21.4 Å². The van der Waals surface area contributed by atoms with E-state index in [0.29, 0.717) is 5.69 Å². The molecule has 1 aromatic heterocycles. The van der Waals surface area contributed by atoms with E-state index in [1.807, 2.05) is 0 Å². The van der Waals surface area contributed by atoms with Crippen molar-refractivity contribution in [1.29, 1.82) is 5.41 Å². The molecule has 8 nitrogen and oxygen atoms in total. The molecule has 0 aliphatic carbocycles. The van der Waals surface area contributed by atoms with Crippen LogP contribution in [0.4, 0.5) is 5.69 Å². The summed E-state index contributed by atoms with van der Waals surface area (Å²) in [6.07, 6.45) is 3.89. The van der Waals surface area contributed by atoms with Gasteiger partial charge >= 0.3 is 0 Å². The van der Waals surface area contributed by atoms with E-state index < -0.39 is 21.4 Å². The third-order valence-corrected chi connectivity index (χ3v) is 5.04. The van der Waals surface area contributed by atoms with E-state index in [-0.39, 0.29) is 10.9 Å². The summed E-state index contributed by atoms with van der Waals surface area (Å²) in [6.45, 7) is 3.18. The first-order chi connectivity index (χ1) is 9.25. The molecule has 1 atom stereocenters. The van der Waals surface area contributed by atoms with E-state index in [9.17, 15) is 8.42 Å². The summed E-state index contributed by atoms with van der Waals surface area (Å²) in [6, 6.07) is 0. The molecular weight excluding hydrogens is 280 g/mol. The van der Waals surface area contributed by atoms with Gasteiger partial charge in [-0.25, -0.2) is 8.42 Å². The zero-order valence-electron chi connectivity index (χ0n) is 11.5. The van der Waals surface area contributed by atoms with Crippen LogP contribution >= 0.6 is 0 Å². The molecule has 1 aromatic rings. The van der Waals surface area contributed by atoms with E-state index in [1.165, 1.54) is 15.7 Å². The van der Waals surface area contributed by atoms with Gasteiger partial charge in [0.1, 0.15) is 11.5 Å². The Morgan fingerprint density at radius 2 is 2.15 bits per heavy atom. The second kappa shape index (κ2) is 4.91. The number of anilines is 1. The lowest BCUT2D eigenvalue weighted by molar-refractivity contribution is 0.577. The summed E-state index contributed by atoms with van der Waals surface area (Å²) in [7, 11) is -1.93. The molecule has 1 unspecified atom stereocenters. The van der Waals surface area contributed by atoms with Crippen LogP contribution in [0.3, 0.4) is 0 Å². The Bertz CT molecular complexity index is 660. The molecule has 1 aliphatic heterocycles. The van der Waals surface area contributed by atoms with Crippen LogP contribution in [0, 0.1) is 5.41 Å². The Morgan fingerprint density at radius 3 is 2.70 bits per heavy atom. The molecule has 0 fully saturated rings. The number of aromatic nitrogens is 2. The topological polar surface area (TPSA) is 117 Å². The number of hydrogen-bond donors (Lipinski definition) is 3. The van der Waals surface area contributed by atoms with Gasteiger partial charge in [-0.3, -0.25) is 20.7 Å². The van der Waals surface area contributed by atoms with Crippen molar-refractivity contribution in [3.8, 4) is 0 Å². The van der Waals surface area contributed by atoms with Crippen molar-refractivity contribution in [2.45, 2.75) is 30.4 Å². The van der Waals surface area contributed by atoms with Crippen LogP contribution in [-0.2, 0) is 16.9 Å². The quantitative estimate of drug-likeness (QED) is 0.708. The van der Waals surface area contributed by atoms with Gasteiger partial charge in [0.2, 0.25) is 14.9 Å². The van der Waals surface area contributed by atoms with Crippen LogP contribution < -0.4 is 16.0 Å². The van der Waals surface area contributed by atoms with Crippen LogP contribution in [0.15, 0.2) is 23.5 Å². The number of nitrogens with one attached hydrogen (secondary N) is 2. The van der Waals surface area contributed by atoms with Gasteiger partial charge in [0.05, 0.1) is 5.25 Å². The van der Waals surface area contributed by atoms with Gasteiger partial charge in [-0.1, -0.05) is 0 Å². The first-order valence-corrected chi connectivity index (χ1v) is 7.63. The highest BCUT2D eigenvalue weighted by Gasteiger charge is 2.32. The fraction of sp³-hybridized carbons (Fsp3) is 0.455. The fourth-order valence-electron chi connectivity index (χ4n) is 1.86. The standard InChI is InChI=1S/C11H18N6O2S/c1-7(2)20(18,19)10-8(6-16(3)15-10)17-9(12)4-5-14-11(17)13/h4-7,11-12,14H,13H2,1-3H3. The molecule has 0 saturated carbocycles. The number of nitrogens with zero attached hydrogens (tertiary/aromatic N) is 3. The normalized spacial score (nSPS) is 19.6. The maximum atomic E-state index is 12.4. The third kappa shape index (κ3) is 2.29. The van der Waals surface area contributed by atoms with Crippen molar-refractivity contribution < 1.29 is 8.42 Å². The second-order valence-corrected chi connectivity index (χ2v) is 7.21. The number of aryl methyl sites for hydroxylation is 1. The average molecular weight is 298 g/mol. The maximum Gasteiger partial charge on any atom is 0.201 e. The summed E-state index contributed by atoms with van der Waals surface area (Å²) in [5.74, 6) is 0.101. The molecule has 0 bridgehead atoms. The van der Waals surface area contributed by atoms with Crippen molar-refractivity contribution in [3.63, 3.8) is 0 Å². The Kier molecular flexibility index (Phi) is 3.57. The zero-order valence-corrected chi connectivity index (χ0v) is 12.3. The highest BCUT2D eigenvalue weighted by atomic mass is 32.2. The van der Waals surface area contributed by atoms with Gasteiger partial charge < -0.3 is 5.32 Å². The zero-order chi connectivity index (χ0) is 15.1. The number of rotatable bonds is 3. The maximum absolute atomic E-state index is 12.4. The van der Waals surface area contributed by atoms with Crippen molar-refractivity contribution in [2.75, 3.05) is 4.90 Å². The Balaban J connectivity index is 2.59. The number of sulfone groups is 1. The molecule has 110 valence electrons. The SMILES string of the molecule is CC(C)S(=O)(=O)c1nn(C)cc1N1C(=N)C=CNC1N. The predicted molar refractivity (Wildman–Crippen MR) is 76.0 cm³/mol. The van der Waals surface area contributed by atoms with E-state index in [2.05, 4.69) is 10.4 Å². The second-order valence-electron chi connectivity index (χ2n) is 4.79. The summed E-state index contributed by atoms with van der Waals surface area (Å²) >= 11 is 0. The smallest absolute Gasteiger partial charge is 0.201 e. The first kappa shape index (κ1) is 14.5. The van der Waals surface area contributed by atoms with Gasteiger partial charge in [0.25, 0.3) is 0 Å². The molecule has 0 saturated heterocycles. The largest absolute Gasteiger partial charge is 0.359 e. The number of nitrogens with two attached hydrogens (primary N) is 1. The minimum Gasteiger partial charge on any atom is -0.359 e. The van der Waals surface area contributed by atoms with E-state index in [4.69, 9.17) is 11.1 Å². The lowest BCUT2D eigenvalue weighted by Crippen LogP contribution is -2.55. The molecule has 0 amide bonds. The highest BCUT2D eigenvalue weighted by Crippen LogP contribution is 2.28. The minimum atomic E-state index is -3.56. The van der Waals surface area contributed by atoms with E-state index >= 15 is 0 Å². The molecule has 0 aromatic carbocycles. The molecule has 20 heavy (non-hydrogen) atoms. The molecule has 2 heterocycles. The van der Waals surface area contributed by atoms with Crippen molar-refractivity contribution in [3.05, 3.63) is 18.5 Å². The van der Waals surface area contributed by atoms with Gasteiger partial charge in [-0.2, -0.15) is 5.10 Å². The Hall–Kier alpha value is -1.87. The van der Waals surface area contributed by atoms with Crippen LogP contribution in [-0.4, -0.2) is 35.6 Å². The van der Waals surface area contributed by atoms with Crippen molar-refractivity contribution in [1.82, 2.24) is 15.1 Å². The molecule has 1 aliphatic rings. The van der Waals surface area contributed by atoms with Gasteiger partial charge in [0.15, 0.2) is 6.29 Å². The molecular formula is C11H18N6O2S. The summed E-state index contributed by atoms with van der Waals surface area (Å²) < 4.78 is 26.1. The molecule has 0 radical (unpaired) electrons. The van der Waals surface area contributed by atoms with E-state index in [1.54, 1.807) is 33.3 Å². The van der Waals surface area contributed by atoms with E-state index in [0.717, 1.165) is 0 Å². The third-order valence-electron chi connectivity index (χ3n) is 2.97. The molecule has 0 spiro atoms. The molecule has 4 N–H and O–H groups in total. The monoisotopic (exact) mass is 298 g/mol. The summed E-state index contributed by atoms with van der Waals surface area (Å²) in [5, 5.41) is 14.1. The van der Waals surface area contributed by atoms with Crippen LogP contribution in [0.5, 0.6) is 0 Å². The van der Waals surface area contributed by atoms with Crippen LogP contribution in [0.2, 0.25) is 0 Å². The Morgan fingerprint density at radius 1 is 1.50 bits per heavy atom. The van der Waals surface area contributed by atoms with Crippen LogP contribution in [0.25, 0.3) is 0 Å².